The molecule has 1 aromatic heterocycles. The van der Waals surface area contributed by atoms with Crippen LogP contribution in [0.3, 0.4) is 0 Å². The van der Waals surface area contributed by atoms with Crippen molar-refractivity contribution in [2.45, 2.75) is 12.3 Å². The SMILES string of the molecule is O=c1cc(-c2ccc(F)cc2)ncn1CCNS(=O)(=O)Cc1ccccc1. The zero-order valence-corrected chi connectivity index (χ0v) is 15.2. The average molecular weight is 387 g/mol. The van der Waals surface area contributed by atoms with Gasteiger partial charge in [-0.3, -0.25) is 9.36 Å². The molecule has 6 nitrogen and oxygen atoms in total. The van der Waals surface area contributed by atoms with E-state index in [2.05, 4.69) is 9.71 Å². The summed E-state index contributed by atoms with van der Waals surface area (Å²) in [5, 5.41) is 0. The number of hydrogen-bond donors (Lipinski definition) is 1. The second-order valence-corrected chi connectivity index (χ2v) is 7.76. The number of nitrogens with zero attached hydrogens (tertiary/aromatic N) is 2. The Hall–Kier alpha value is -2.84. The molecule has 0 fully saturated rings. The van der Waals surface area contributed by atoms with E-state index in [1.807, 2.05) is 6.07 Å². The predicted molar refractivity (Wildman–Crippen MR) is 101 cm³/mol. The van der Waals surface area contributed by atoms with Crippen LogP contribution < -0.4 is 10.3 Å². The van der Waals surface area contributed by atoms with Crippen molar-refractivity contribution in [3.05, 3.63) is 88.7 Å². The van der Waals surface area contributed by atoms with Crippen LogP contribution >= 0.6 is 0 Å². The standard InChI is InChI=1S/C19H18FN3O3S/c20-17-8-6-16(7-9-17)18-12-19(24)23(14-21-18)11-10-22-27(25,26)13-15-4-2-1-3-5-15/h1-9,12,14,22H,10-11,13H2. The largest absolute Gasteiger partial charge is 0.298 e. The van der Waals surface area contributed by atoms with Crippen LogP contribution in [0.25, 0.3) is 11.3 Å². The van der Waals surface area contributed by atoms with Gasteiger partial charge < -0.3 is 0 Å². The summed E-state index contributed by atoms with van der Waals surface area (Å²) in [6, 6.07) is 15.9. The summed E-state index contributed by atoms with van der Waals surface area (Å²) in [4.78, 5) is 16.4. The molecule has 140 valence electrons. The topological polar surface area (TPSA) is 81.1 Å². The zero-order valence-electron chi connectivity index (χ0n) is 14.4. The summed E-state index contributed by atoms with van der Waals surface area (Å²) >= 11 is 0. The molecular weight excluding hydrogens is 369 g/mol. The minimum atomic E-state index is -3.49. The van der Waals surface area contributed by atoms with Crippen molar-refractivity contribution >= 4 is 10.0 Å². The maximum atomic E-state index is 13.0. The van der Waals surface area contributed by atoms with Crippen LogP contribution in [0.4, 0.5) is 4.39 Å². The number of rotatable bonds is 7. The van der Waals surface area contributed by atoms with E-state index < -0.39 is 10.0 Å². The first-order valence-corrected chi connectivity index (χ1v) is 9.92. The van der Waals surface area contributed by atoms with Gasteiger partial charge in [-0.05, 0) is 29.8 Å². The zero-order chi connectivity index (χ0) is 19.3. The second-order valence-electron chi connectivity index (χ2n) is 5.95. The van der Waals surface area contributed by atoms with Crippen molar-refractivity contribution in [3.8, 4) is 11.3 Å². The highest BCUT2D eigenvalue weighted by Gasteiger charge is 2.11. The van der Waals surface area contributed by atoms with Crippen LogP contribution in [0.15, 0.2) is 71.8 Å². The third-order valence-electron chi connectivity index (χ3n) is 3.89. The molecule has 0 radical (unpaired) electrons. The molecule has 0 bridgehead atoms. The lowest BCUT2D eigenvalue weighted by atomic mass is 10.1. The molecule has 27 heavy (non-hydrogen) atoms. The molecule has 0 atom stereocenters. The molecule has 0 aliphatic carbocycles. The van der Waals surface area contributed by atoms with Crippen LogP contribution in [0.2, 0.25) is 0 Å². The summed E-state index contributed by atoms with van der Waals surface area (Å²) in [6.07, 6.45) is 1.35. The summed E-state index contributed by atoms with van der Waals surface area (Å²) in [5.74, 6) is -0.486. The van der Waals surface area contributed by atoms with E-state index in [9.17, 15) is 17.6 Å². The van der Waals surface area contributed by atoms with Gasteiger partial charge in [0.15, 0.2) is 0 Å². The number of sulfonamides is 1. The lowest BCUT2D eigenvalue weighted by Gasteiger charge is -2.09. The van der Waals surface area contributed by atoms with Gasteiger partial charge in [-0.2, -0.15) is 0 Å². The van der Waals surface area contributed by atoms with Crippen LogP contribution in [0.1, 0.15) is 5.56 Å². The Morgan fingerprint density at radius 1 is 1.04 bits per heavy atom. The lowest BCUT2D eigenvalue weighted by molar-refractivity contribution is 0.568. The Bertz CT molecular complexity index is 1070. The third kappa shape index (κ3) is 5.32. The first-order chi connectivity index (χ1) is 12.9. The van der Waals surface area contributed by atoms with Gasteiger partial charge >= 0.3 is 0 Å². The van der Waals surface area contributed by atoms with Gasteiger partial charge in [-0.1, -0.05) is 30.3 Å². The minimum Gasteiger partial charge on any atom is -0.298 e. The maximum absolute atomic E-state index is 13.0. The van der Waals surface area contributed by atoms with Crippen molar-refractivity contribution in [3.63, 3.8) is 0 Å². The van der Waals surface area contributed by atoms with E-state index in [0.29, 0.717) is 16.8 Å². The fraction of sp³-hybridized carbons (Fsp3) is 0.158. The molecule has 0 spiro atoms. The van der Waals surface area contributed by atoms with E-state index in [0.717, 1.165) is 0 Å². The Morgan fingerprint density at radius 2 is 1.74 bits per heavy atom. The molecule has 0 unspecified atom stereocenters. The van der Waals surface area contributed by atoms with Crippen LogP contribution in [-0.4, -0.2) is 24.5 Å². The fourth-order valence-corrected chi connectivity index (χ4v) is 3.67. The highest BCUT2D eigenvalue weighted by molar-refractivity contribution is 7.88. The van der Waals surface area contributed by atoms with Crippen LogP contribution in [-0.2, 0) is 22.3 Å². The summed E-state index contributed by atoms with van der Waals surface area (Å²) in [6.45, 7) is 0.232. The third-order valence-corrected chi connectivity index (χ3v) is 5.25. The number of halogens is 1. The number of nitrogens with one attached hydrogen (secondary N) is 1. The molecule has 1 heterocycles. The van der Waals surface area contributed by atoms with E-state index in [-0.39, 0.29) is 30.2 Å². The molecule has 1 N–H and O–H groups in total. The van der Waals surface area contributed by atoms with Crippen molar-refractivity contribution in [1.29, 1.82) is 0 Å². The highest BCUT2D eigenvalue weighted by Crippen LogP contribution is 2.14. The molecule has 0 aliphatic rings. The van der Waals surface area contributed by atoms with Gasteiger partial charge in [0.05, 0.1) is 17.8 Å². The van der Waals surface area contributed by atoms with Gasteiger partial charge in [0, 0.05) is 24.7 Å². The predicted octanol–water partition coefficient (Wildman–Crippen LogP) is 2.17. The Balaban J connectivity index is 1.61. The molecule has 3 aromatic rings. The lowest BCUT2D eigenvalue weighted by Crippen LogP contribution is -2.31. The maximum Gasteiger partial charge on any atom is 0.253 e. The van der Waals surface area contributed by atoms with E-state index >= 15 is 0 Å². The monoisotopic (exact) mass is 387 g/mol. The number of benzene rings is 2. The average Bonchev–Trinajstić information content (AvgIpc) is 2.64. The van der Waals surface area contributed by atoms with Crippen molar-refractivity contribution in [2.75, 3.05) is 6.54 Å². The summed E-state index contributed by atoms with van der Waals surface area (Å²) < 4.78 is 41.0. The Kier molecular flexibility index (Phi) is 5.78. The molecule has 8 heteroatoms. The summed E-state index contributed by atoms with van der Waals surface area (Å²) in [7, 11) is -3.49. The van der Waals surface area contributed by atoms with Gasteiger partial charge in [0.1, 0.15) is 5.82 Å². The first-order valence-electron chi connectivity index (χ1n) is 8.27. The Labute approximate surface area is 156 Å². The Morgan fingerprint density at radius 3 is 2.41 bits per heavy atom. The first kappa shape index (κ1) is 18.9. The minimum absolute atomic E-state index is 0.0760. The van der Waals surface area contributed by atoms with E-state index in [4.69, 9.17) is 0 Å². The molecular formula is C19H18FN3O3S. The molecule has 0 aliphatic heterocycles. The summed E-state index contributed by atoms with van der Waals surface area (Å²) in [5.41, 5.74) is 1.43. The van der Waals surface area contributed by atoms with Gasteiger partial charge in [-0.25, -0.2) is 22.5 Å². The van der Waals surface area contributed by atoms with Crippen LogP contribution in [0.5, 0.6) is 0 Å². The van der Waals surface area contributed by atoms with E-state index in [1.54, 1.807) is 36.4 Å². The van der Waals surface area contributed by atoms with Crippen LogP contribution in [0, 0.1) is 5.82 Å². The smallest absolute Gasteiger partial charge is 0.253 e. The normalized spacial score (nSPS) is 11.4. The van der Waals surface area contributed by atoms with Crippen molar-refractivity contribution in [2.24, 2.45) is 0 Å². The highest BCUT2D eigenvalue weighted by atomic mass is 32.2. The van der Waals surface area contributed by atoms with Gasteiger partial charge in [0.2, 0.25) is 10.0 Å². The molecule has 0 saturated carbocycles. The van der Waals surface area contributed by atoms with Gasteiger partial charge in [0.25, 0.3) is 5.56 Å². The second kappa shape index (κ2) is 8.24. The number of hydrogen-bond acceptors (Lipinski definition) is 4. The van der Waals surface area contributed by atoms with Crippen molar-refractivity contribution < 1.29 is 12.8 Å². The fourth-order valence-electron chi connectivity index (χ4n) is 2.54. The van der Waals surface area contributed by atoms with Gasteiger partial charge in [-0.15, -0.1) is 0 Å². The van der Waals surface area contributed by atoms with E-state index in [1.165, 1.54) is 29.1 Å². The quantitative estimate of drug-likeness (QED) is 0.674. The molecule has 0 saturated heterocycles. The molecule has 2 aromatic carbocycles. The molecule has 0 amide bonds. The number of aromatic nitrogens is 2. The van der Waals surface area contributed by atoms with Crippen molar-refractivity contribution in [1.82, 2.24) is 14.3 Å². The molecule has 3 rings (SSSR count).